The second-order valence-electron chi connectivity index (χ2n) is 4.21. The monoisotopic (exact) mass is 229 g/mol. The highest BCUT2D eigenvalue weighted by molar-refractivity contribution is 6.03. The third-order valence-corrected chi connectivity index (χ3v) is 2.57. The molecule has 1 aromatic carbocycles. The molecule has 0 aliphatic carbocycles. The van der Waals surface area contributed by atoms with Crippen molar-refractivity contribution < 1.29 is 4.79 Å². The molecule has 0 saturated heterocycles. The Kier molecular flexibility index (Phi) is 2.95. The Bertz CT molecular complexity index is 558. The van der Waals surface area contributed by atoms with E-state index in [1.54, 1.807) is 6.07 Å². The standard InChI is InChI=1S/C13H15N3O/c1-8-4-5-11(9(2)6-8)14-13(17)12-7-10(3)15-16-12/h4-7H,1-3H3,(H,14,17)(H,15,16). The van der Waals surface area contributed by atoms with Crippen molar-refractivity contribution in [2.75, 3.05) is 5.32 Å². The predicted octanol–water partition coefficient (Wildman–Crippen LogP) is 2.59. The van der Waals surface area contributed by atoms with Gasteiger partial charge < -0.3 is 5.32 Å². The molecule has 0 spiro atoms. The number of nitrogens with one attached hydrogen (secondary N) is 2. The lowest BCUT2D eigenvalue weighted by molar-refractivity contribution is 0.102. The number of carbonyl (C=O) groups excluding carboxylic acids is 1. The quantitative estimate of drug-likeness (QED) is 0.831. The normalized spacial score (nSPS) is 10.3. The summed E-state index contributed by atoms with van der Waals surface area (Å²) in [7, 11) is 0. The van der Waals surface area contributed by atoms with E-state index < -0.39 is 0 Å². The molecule has 0 radical (unpaired) electrons. The summed E-state index contributed by atoms with van der Waals surface area (Å²) < 4.78 is 0. The van der Waals surface area contributed by atoms with E-state index in [1.165, 1.54) is 5.56 Å². The Labute approximate surface area is 100 Å². The molecule has 0 fully saturated rings. The smallest absolute Gasteiger partial charge is 0.276 e. The van der Waals surface area contributed by atoms with Gasteiger partial charge in [0.25, 0.3) is 5.91 Å². The molecular formula is C13H15N3O. The van der Waals surface area contributed by atoms with Gasteiger partial charge in [-0.15, -0.1) is 0 Å². The maximum absolute atomic E-state index is 11.9. The molecule has 4 heteroatoms. The van der Waals surface area contributed by atoms with Crippen LogP contribution in [0.1, 0.15) is 27.3 Å². The first kappa shape index (κ1) is 11.4. The molecule has 0 atom stereocenters. The fourth-order valence-corrected chi connectivity index (χ4v) is 1.67. The van der Waals surface area contributed by atoms with Crippen molar-refractivity contribution in [1.82, 2.24) is 10.2 Å². The van der Waals surface area contributed by atoms with Gasteiger partial charge >= 0.3 is 0 Å². The zero-order chi connectivity index (χ0) is 12.4. The average molecular weight is 229 g/mol. The second kappa shape index (κ2) is 4.41. The number of nitrogens with zero attached hydrogens (tertiary/aromatic N) is 1. The summed E-state index contributed by atoms with van der Waals surface area (Å²) in [5.41, 5.74) is 4.32. The second-order valence-corrected chi connectivity index (χ2v) is 4.21. The highest BCUT2D eigenvalue weighted by Gasteiger charge is 2.10. The molecule has 2 N–H and O–H groups in total. The SMILES string of the molecule is Cc1ccc(NC(=O)c2cc(C)[nH]n2)c(C)c1. The predicted molar refractivity (Wildman–Crippen MR) is 67.2 cm³/mol. The number of aromatic amines is 1. The Morgan fingerprint density at radius 3 is 2.59 bits per heavy atom. The van der Waals surface area contributed by atoms with E-state index in [-0.39, 0.29) is 5.91 Å². The third kappa shape index (κ3) is 2.53. The van der Waals surface area contributed by atoms with Crippen LogP contribution in [0, 0.1) is 20.8 Å². The summed E-state index contributed by atoms with van der Waals surface area (Å²) in [5.74, 6) is -0.193. The number of H-pyrrole nitrogens is 1. The minimum absolute atomic E-state index is 0.193. The Balaban J connectivity index is 2.18. The van der Waals surface area contributed by atoms with Gasteiger partial charge in [0.15, 0.2) is 5.69 Å². The van der Waals surface area contributed by atoms with Crippen LogP contribution in [0.4, 0.5) is 5.69 Å². The van der Waals surface area contributed by atoms with Gasteiger partial charge in [-0.1, -0.05) is 17.7 Å². The number of amides is 1. The molecule has 4 nitrogen and oxygen atoms in total. The molecule has 1 heterocycles. The van der Waals surface area contributed by atoms with Crippen LogP contribution < -0.4 is 5.32 Å². The number of hydrogen-bond donors (Lipinski definition) is 2. The zero-order valence-corrected chi connectivity index (χ0v) is 10.2. The van der Waals surface area contributed by atoms with Crippen molar-refractivity contribution in [3.8, 4) is 0 Å². The van der Waals surface area contributed by atoms with E-state index in [1.807, 2.05) is 39.0 Å². The summed E-state index contributed by atoms with van der Waals surface area (Å²) in [4.78, 5) is 11.9. The molecule has 1 amide bonds. The topological polar surface area (TPSA) is 57.8 Å². The van der Waals surface area contributed by atoms with Crippen molar-refractivity contribution in [2.45, 2.75) is 20.8 Å². The van der Waals surface area contributed by atoms with E-state index >= 15 is 0 Å². The van der Waals surface area contributed by atoms with Crippen LogP contribution in [0.2, 0.25) is 0 Å². The lowest BCUT2D eigenvalue weighted by atomic mass is 10.1. The number of aromatic nitrogens is 2. The van der Waals surface area contributed by atoms with Gasteiger partial charge in [0.1, 0.15) is 0 Å². The minimum atomic E-state index is -0.193. The van der Waals surface area contributed by atoms with Gasteiger partial charge in [-0.3, -0.25) is 9.89 Å². The molecule has 88 valence electrons. The summed E-state index contributed by atoms with van der Waals surface area (Å²) in [6, 6.07) is 7.63. The van der Waals surface area contributed by atoms with Crippen molar-refractivity contribution in [3.63, 3.8) is 0 Å². The first-order valence-corrected chi connectivity index (χ1v) is 5.47. The number of aryl methyl sites for hydroxylation is 3. The van der Waals surface area contributed by atoms with E-state index in [0.717, 1.165) is 16.9 Å². The molecule has 0 saturated carbocycles. The maximum Gasteiger partial charge on any atom is 0.276 e. The van der Waals surface area contributed by atoms with Gasteiger partial charge in [-0.25, -0.2) is 0 Å². The average Bonchev–Trinajstić information content (AvgIpc) is 2.69. The van der Waals surface area contributed by atoms with Crippen LogP contribution >= 0.6 is 0 Å². The molecule has 0 unspecified atom stereocenters. The van der Waals surface area contributed by atoms with Crippen LogP contribution in [0.3, 0.4) is 0 Å². The van der Waals surface area contributed by atoms with Crippen molar-refractivity contribution in [2.24, 2.45) is 0 Å². The van der Waals surface area contributed by atoms with Crippen molar-refractivity contribution in [3.05, 3.63) is 46.8 Å². The van der Waals surface area contributed by atoms with Gasteiger partial charge in [-0.05, 0) is 38.5 Å². The number of benzene rings is 1. The van der Waals surface area contributed by atoms with Crippen LogP contribution in [0.25, 0.3) is 0 Å². The van der Waals surface area contributed by atoms with Crippen molar-refractivity contribution >= 4 is 11.6 Å². The molecule has 0 aliphatic rings. The first-order chi connectivity index (χ1) is 8.06. The highest BCUT2D eigenvalue weighted by Crippen LogP contribution is 2.16. The highest BCUT2D eigenvalue weighted by atomic mass is 16.1. The Hall–Kier alpha value is -2.10. The maximum atomic E-state index is 11.9. The van der Waals surface area contributed by atoms with Gasteiger partial charge in [-0.2, -0.15) is 5.10 Å². The number of hydrogen-bond acceptors (Lipinski definition) is 2. The molecule has 2 rings (SSSR count). The number of anilines is 1. The van der Waals surface area contributed by atoms with Crippen LogP contribution in [0.5, 0.6) is 0 Å². The molecule has 0 aliphatic heterocycles. The summed E-state index contributed by atoms with van der Waals surface area (Å²) in [5, 5.41) is 9.52. The lowest BCUT2D eigenvalue weighted by Crippen LogP contribution is -2.13. The van der Waals surface area contributed by atoms with E-state index in [2.05, 4.69) is 15.5 Å². The molecule has 1 aromatic heterocycles. The number of carbonyl (C=O) groups is 1. The Morgan fingerprint density at radius 2 is 2.00 bits per heavy atom. The van der Waals surface area contributed by atoms with Gasteiger partial charge in [0.05, 0.1) is 0 Å². The van der Waals surface area contributed by atoms with Crippen LogP contribution in [-0.4, -0.2) is 16.1 Å². The summed E-state index contributed by atoms with van der Waals surface area (Å²) in [6.07, 6.45) is 0. The van der Waals surface area contributed by atoms with E-state index in [0.29, 0.717) is 5.69 Å². The largest absolute Gasteiger partial charge is 0.320 e. The fraction of sp³-hybridized carbons (Fsp3) is 0.231. The third-order valence-electron chi connectivity index (χ3n) is 2.57. The molecule has 17 heavy (non-hydrogen) atoms. The van der Waals surface area contributed by atoms with Crippen molar-refractivity contribution in [1.29, 1.82) is 0 Å². The van der Waals surface area contributed by atoms with Gasteiger partial charge in [0.2, 0.25) is 0 Å². The summed E-state index contributed by atoms with van der Waals surface area (Å²) >= 11 is 0. The lowest BCUT2D eigenvalue weighted by Gasteiger charge is -2.07. The van der Waals surface area contributed by atoms with Crippen LogP contribution in [-0.2, 0) is 0 Å². The first-order valence-electron chi connectivity index (χ1n) is 5.47. The van der Waals surface area contributed by atoms with Crippen LogP contribution in [0.15, 0.2) is 24.3 Å². The van der Waals surface area contributed by atoms with Gasteiger partial charge in [0, 0.05) is 11.4 Å². The molecule has 0 bridgehead atoms. The minimum Gasteiger partial charge on any atom is -0.320 e. The molecule has 2 aromatic rings. The van der Waals surface area contributed by atoms with E-state index in [9.17, 15) is 4.79 Å². The zero-order valence-electron chi connectivity index (χ0n) is 10.2. The Morgan fingerprint density at radius 1 is 1.24 bits per heavy atom. The molecular weight excluding hydrogens is 214 g/mol. The van der Waals surface area contributed by atoms with E-state index in [4.69, 9.17) is 0 Å². The fourth-order valence-electron chi connectivity index (χ4n) is 1.67. The number of rotatable bonds is 2. The summed E-state index contributed by atoms with van der Waals surface area (Å²) in [6.45, 7) is 5.86.